The van der Waals surface area contributed by atoms with E-state index in [1.165, 1.54) is 12.4 Å². The van der Waals surface area contributed by atoms with Crippen molar-refractivity contribution in [2.24, 2.45) is 0 Å². The Morgan fingerprint density at radius 2 is 2.07 bits per heavy atom. The molecule has 1 aromatic carbocycles. The number of carbonyl (C=O) groups excluding carboxylic acids is 1. The summed E-state index contributed by atoms with van der Waals surface area (Å²) in [5.74, 6) is 0. The average molecular weight is 371 g/mol. The lowest BCUT2D eigenvalue weighted by Gasteiger charge is -2.40. The number of nitrogens with one attached hydrogen (secondary N) is 2. The van der Waals surface area contributed by atoms with Crippen LogP contribution in [0.2, 0.25) is 0 Å². The number of halogens is 1. The van der Waals surface area contributed by atoms with Crippen LogP contribution in [0.1, 0.15) is 38.3 Å². The van der Waals surface area contributed by atoms with Gasteiger partial charge in [0.05, 0.1) is 16.6 Å². The van der Waals surface area contributed by atoms with Crippen LogP contribution in [0.15, 0.2) is 24.5 Å². The molecule has 8 heteroatoms. The van der Waals surface area contributed by atoms with Gasteiger partial charge in [-0.15, -0.1) is 0 Å². The zero-order chi connectivity index (χ0) is 19.7. The third-order valence-corrected chi connectivity index (χ3v) is 4.36. The molecule has 142 valence electrons. The van der Waals surface area contributed by atoms with Crippen LogP contribution in [0.3, 0.4) is 0 Å². The SMILES string of the molecule is CC(C)(C)OC(=O)N[C@]1(c2ccc(C#N)c3nccnc23)CNC[C@@H](F)C1. The Labute approximate surface area is 156 Å². The Morgan fingerprint density at radius 3 is 2.70 bits per heavy atom. The number of nitriles is 1. The Kier molecular flexibility index (Phi) is 4.98. The molecule has 0 radical (unpaired) electrons. The summed E-state index contributed by atoms with van der Waals surface area (Å²) < 4.78 is 19.7. The van der Waals surface area contributed by atoms with E-state index in [2.05, 4.69) is 26.7 Å². The second-order valence-corrected chi connectivity index (χ2v) is 7.67. The standard InChI is InChI=1S/C19H22FN5O2/c1-18(2,3)27-17(26)25-19(8-13(20)10-22-11-19)14-5-4-12(9-21)15-16(14)24-7-6-23-15/h4-7,13,22H,8,10-11H2,1-3H3,(H,25,26)/t13-,19-/m0/s1. The molecule has 0 unspecified atom stereocenters. The summed E-state index contributed by atoms with van der Waals surface area (Å²) in [6, 6.07) is 5.41. The lowest BCUT2D eigenvalue weighted by molar-refractivity contribution is 0.0399. The molecule has 2 aromatic rings. The summed E-state index contributed by atoms with van der Waals surface area (Å²) in [5, 5.41) is 15.2. The first-order valence-electron chi connectivity index (χ1n) is 8.74. The Bertz CT molecular complexity index is 905. The fourth-order valence-corrected chi connectivity index (χ4v) is 3.36. The predicted molar refractivity (Wildman–Crippen MR) is 97.7 cm³/mol. The number of alkyl carbamates (subject to hydrolysis) is 1. The predicted octanol–water partition coefficient (Wildman–Crippen LogP) is 2.55. The van der Waals surface area contributed by atoms with Crippen LogP contribution in [0, 0.1) is 11.3 Å². The van der Waals surface area contributed by atoms with Gasteiger partial charge in [0.2, 0.25) is 0 Å². The van der Waals surface area contributed by atoms with E-state index in [1.807, 2.05) is 0 Å². The van der Waals surface area contributed by atoms with Crippen LogP contribution in [0.25, 0.3) is 11.0 Å². The van der Waals surface area contributed by atoms with E-state index in [0.29, 0.717) is 28.7 Å². The Hall–Kier alpha value is -2.79. The van der Waals surface area contributed by atoms with Gasteiger partial charge in [-0.05, 0) is 26.8 Å². The highest BCUT2D eigenvalue weighted by atomic mass is 19.1. The maximum Gasteiger partial charge on any atom is 0.408 e. The van der Waals surface area contributed by atoms with Gasteiger partial charge in [-0.1, -0.05) is 6.07 Å². The smallest absolute Gasteiger partial charge is 0.408 e. The molecule has 0 aliphatic carbocycles. The van der Waals surface area contributed by atoms with Crippen LogP contribution in [-0.2, 0) is 10.3 Å². The van der Waals surface area contributed by atoms with Crippen molar-refractivity contribution in [1.29, 1.82) is 5.26 Å². The third-order valence-electron chi connectivity index (χ3n) is 4.36. The number of rotatable bonds is 2. The van der Waals surface area contributed by atoms with E-state index < -0.39 is 23.4 Å². The lowest BCUT2D eigenvalue weighted by Crippen LogP contribution is -2.59. The normalized spacial score (nSPS) is 22.9. The summed E-state index contributed by atoms with van der Waals surface area (Å²) in [5.41, 5.74) is 0.101. The topological polar surface area (TPSA) is 99.9 Å². The van der Waals surface area contributed by atoms with Gasteiger partial charge in [-0.25, -0.2) is 9.18 Å². The van der Waals surface area contributed by atoms with Gasteiger partial charge >= 0.3 is 6.09 Å². The van der Waals surface area contributed by atoms with Crippen molar-refractivity contribution in [3.05, 3.63) is 35.7 Å². The summed E-state index contributed by atoms with van der Waals surface area (Å²) in [4.78, 5) is 21.1. The van der Waals surface area contributed by atoms with E-state index in [0.717, 1.165) is 0 Å². The number of amides is 1. The number of benzene rings is 1. The van der Waals surface area contributed by atoms with Crippen molar-refractivity contribution in [3.8, 4) is 6.07 Å². The molecule has 1 fully saturated rings. The van der Waals surface area contributed by atoms with Crippen molar-refractivity contribution in [2.45, 2.75) is 44.5 Å². The minimum absolute atomic E-state index is 0.0663. The molecule has 2 N–H and O–H groups in total. The van der Waals surface area contributed by atoms with E-state index in [4.69, 9.17) is 4.74 Å². The molecule has 0 saturated carbocycles. The fraction of sp³-hybridized carbons (Fsp3) is 0.474. The molecular formula is C19H22FN5O2. The molecule has 2 atom stereocenters. The van der Waals surface area contributed by atoms with Gasteiger partial charge in [0.1, 0.15) is 23.4 Å². The summed E-state index contributed by atoms with van der Waals surface area (Å²) in [7, 11) is 0. The molecule has 0 bridgehead atoms. The molecule has 1 saturated heterocycles. The van der Waals surface area contributed by atoms with Crippen LogP contribution in [-0.4, -0.2) is 40.9 Å². The number of hydrogen-bond donors (Lipinski definition) is 2. The number of piperidine rings is 1. The van der Waals surface area contributed by atoms with Gasteiger partial charge < -0.3 is 15.4 Å². The molecule has 1 aliphatic heterocycles. The van der Waals surface area contributed by atoms with E-state index >= 15 is 0 Å². The monoisotopic (exact) mass is 371 g/mol. The van der Waals surface area contributed by atoms with Crippen molar-refractivity contribution < 1.29 is 13.9 Å². The zero-order valence-corrected chi connectivity index (χ0v) is 15.5. The summed E-state index contributed by atoms with van der Waals surface area (Å²) >= 11 is 0. The van der Waals surface area contributed by atoms with E-state index in [-0.39, 0.29) is 13.0 Å². The molecule has 0 spiro atoms. The highest BCUT2D eigenvalue weighted by Gasteiger charge is 2.42. The number of ether oxygens (including phenoxy) is 1. The van der Waals surface area contributed by atoms with Gasteiger partial charge in [-0.2, -0.15) is 5.26 Å². The fourth-order valence-electron chi connectivity index (χ4n) is 3.36. The van der Waals surface area contributed by atoms with Crippen LogP contribution in [0.4, 0.5) is 9.18 Å². The minimum atomic E-state index is -1.16. The number of hydrogen-bond acceptors (Lipinski definition) is 6. The van der Waals surface area contributed by atoms with E-state index in [1.54, 1.807) is 32.9 Å². The number of carbonyl (C=O) groups is 1. The largest absolute Gasteiger partial charge is 0.444 e. The first kappa shape index (κ1) is 19.0. The molecule has 1 aromatic heterocycles. The number of fused-ring (bicyclic) bond motifs is 1. The number of alkyl halides is 1. The third kappa shape index (κ3) is 3.98. The molecule has 7 nitrogen and oxygen atoms in total. The number of aromatic nitrogens is 2. The average Bonchev–Trinajstić information content (AvgIpc) is 2.59. The first-order valence-corrected chi connectivity index (χ1v) is 8.74. The van der Waals surface area contributed by atoms with Gasteiger partial charge in [0, 0.05) is 37.5 Å². The molecule has 3 rings (SSSR count). The van der Waals surface area contributed by atoms with Crippen molar-refractivity contribution in [3.63, 3.8) is 0 Å². The second kappa shape index (κ2) is 7.08. The summed E-state index contributed by atoms with van der Waals surface area (Å²) in [6.07, 6.45) is 1.28. The van der Waals surface area contributed by atoms with E-state index in [9.17, 15) is 14.4 Å². The second-order valence-electron chi connectivity index (χ2n) is 7.67. The van der Waals surface area contributed by atoms with Gasteiger partial charge in [-0.3, -0.25) is 9.97 Å². The highest BCUT2D eigenvalue weighted by Crippen LogP contribution is 2.34. The van der Waals surface area contributed by atoms with Gasteiger partial charge in [0.25, 0.3) is 0 Å². The minimum Gasteiger partial charge on any atom is -0.444 e. The van der Waals surface area contributed by atoms with Crippen LogP contribution >= 0.6 is 0 Å². The van der Waals surface area contributed by atoms with Crippen LogP contribution in [0.5, 0.6) is 0 Å². The maximum absolute atomic E-state index is 14.4. The molecular weight excluding hydrogens is 349 g/mol. The molecule has 1 amide bonds. The lowest BCUT2D eigenvalue weighted by atomic mass is 9.81. The molecule has 1 aliphatic rings. The summed E-state index contributed by atoms with van der Waals surface area (Å²) in [6.45, 7) is 5.80. The van der Waals surface area contributed by atoms with Gasteiger partial charge in [0.15, 0.2) is 0 Å². The zero-order valence-electron chi connectivity index (χ0n) is 15.5. The van der Waals surface area contributed by atoms with Crippen molar-refractivity contribution in [2.75, 3.05) is 13.1 Å². The molecule has 27 heavy (non-hydrogen) atoms. The quantitative estimate of drug-likeness (QED) is 0.842. The Morgan fingerprint density at radius 1 is 1.37 bits per heavy atom. The molecule has 2 heterocycles. The number of nitrogens with zero attached hydrogens (tertiary/aromatic N) is 3. The Balaban J connectivity index is 2.11. The van der Waals surface area contributed by atoms with Crippen molar-refractivity contribution in [1.82, 2.24) is 20.6 Å². The highest BCUT2D eigenvalue weighted by molar-refractivity contribution is 5.85. The van der Waals surface area contributed by atoms with Crippen molar-refractivity contribution >= 4 is 17.1 Å². The maximum atomic E-state index is 14.4. The van der Waals surface area contributed by atoms with Crippen LogP contribution < -0.4 is 10.6 Å². The first-order chi connectivity index (χ1) is 12.7.